The number of hydrogen-bond acceptors (Lipinski definition) is 6. The highest BCUT2D eigenvalue weighted by molar-refractivity contribution is 7.09. The van der Waals surface area contributed by atoms with Gasteiger partial charge in [0.1, 0.15) is 16.5 Å². The number of carbonyl (C=O) groups excluding carboxylic acids is 1. The first-order chi connectivity index (χ1) is 12.2. The van der Waals surface area contributed by atoms with Crippen LogP contribution >= 0.6 is 11.3 Å². The zero-order valence-electron chi connectivity index (χ0n) is 13.8. The van der Waals surface area contributed by atoms with E-state index in [0.29, 0.717) is 24.5 Å². The summed E-state index contributed by atoms with van der Waals surface area (Å²) in [7, 11) is 1.58. The van der Waals surface area contributed by atoms with Crippen molar-refractivity contribution < 1.29 is 13.9 Å². The lowest BCUT2D eigenvalue weighted by atomic mass is 10.3. The van der Waals surface area contributed by atoms with Crippen molar-refractivity contribution >= 4 is 22.9 Å². The molecule has 0 spiro atoms. The summed E-state index contributed by atoms with van der Waals surface area (Å²) in [6.07, 6.45) is 1.89. The minimum Gasteiger partial charge on any atom is -0.495 e. The molecule has 2 heterocycles. The zero-order chi connectivity index (χ0) is 17.5. The molecule has 2 aromatic heterocycles. The number of ether oxygens (including phenoxy) is 1. The summed E-state index contributed by atoms with van der Waals surface area (Å²) >= 11 is 1.48. The van der Waals surface area contributed by atoms with Crippen LogP contribution in [0.25, 0.3) is 0 Å². The van der Waals surface area contributed by atoms with Crippen molar-refractivity contribution in [2.75, 3.05) is 12.4 Å². The molecule has 1 aromatic carbocycles. The van der Waals surface area contributed by atoms with Crippen LogP contribution < -0.4 is 15.4 Å². The average molecular weight is 357 g/mol. The molecular formula is C18H19N3O3S. The molecule has 0 bridgehead atoms. The first kappa shape index (κ1) is 17.2. The summed E-state index contributed by atoms with van der Waals surface area (Å²) in [6.45, 7) is 1.28. The van der Waals surface area contributed by atoms with Crippen LogP contribution in [0, 0.1) is 0 Å². The highest BCUT2D eigenvalue weighted by Gasteiger charge is 2.10. The Morgan fingerprint density at radius 2 is 2.12 bits per heavy atom. The maximum absolute atomic E-state index is 12.2. The Balaban J connectivity index is 1.49. The number of nitrogens with zero attached hydrogens (tertiary/aromatic N) is 1. The van der Waals surface area contributed by atoms with Crippen LogP contribution in [0.4, 0.5) is 5.69 Å². The average Bonchev–Trinajstić information content (AvgIpc) is 3.27. The number of hydrogen-bond donors (Lipinski definition) is 2. The molecule has 0 aliphatic carbocycles. The molecule has 0 fully saturated rings. The first-order valence-electron chi connectivity index (χ1n) is 7.84. The minimum absolute atomic E-state index is 0.117. The Hall–Kier alpha value is -2.64. The second-order valence-corrected chi connectivity index (χ2v) is 6.28. The molecule has 6 nitrogen and oxygen atoms in total. The smallest absolute Gasteiger partial charge is 0.231 e. The zero-order valence-corrected chi connectivity index (χ0v) is 14.6. The molecule has 2 N–H and O–H groups in total. The molecule has 130 valence electrons. The molecule has 0 radical (unpaired) electrons. The summed E-state index contributed by atoms with van der Waals surface area (Å²) in [5.74, 6) is 1.40. The fraction of sp³-hybridized carbons (Fsp3) is 0.222. The third kappa shape index (κ3) is 4.91. The lowest BCUT2D eigenvalue weighted by molar-refractivity contribution is -0.115. The van der Waals surface area contributed by atoms with Crippen LogP contribution in [0.1, 0.15) is 16.5 Å². The van der Waals surface area contributed by atoms with Gasteiger partial charge in [-0.1, -0.05) is 12.1 Å². The third-order valence-corrected chi connectivity index (χ3v) is 4.38. The standard InChI is InChI=1S/C18H19N3O3S/c1-23-16-7-3-2-6-15(16)21-17(22)9-18-20-13(12-25-18)10-19-11-14-5-4-8-24-14/h2-8,12,19H,9-11H2,1H3,(H,21,22). The predicted molar refractivity (Wildman–Crippen MR) is 96.7 cm³/mol. The number of rotatable bonds is 8. The molecule has 0 saturated carbocycles. The Labute approximate surface area is 149 Å². The Bertz CT molecular complexity index is 815. The lowest BCUT2D eigenvalue weighted by Gasteiger charge is -2.08. The van der Waals surface area contributed by atoms with Crippen molar-refractivity contribution in [2.24, 2.45) is 0 Å². The molecule has 0 aliphatic heterocycles. The molecule has 3 aromatic rings. The molecule has 0 aliphatic rings. The van der Waals surface area contributed by atoms with Crippen LogP contribution in [-0.2, 0) is 24.3 Å². The van der Waals surface area contributed by atoms with Gasteiger partial charge < -0.3 is 19.8 Å². The quantitative estimate of drug-likeness (QED) is 0.647. The van der Waals surface area contributed by atoms with Crippen LogP contribution in [0.3, 0.4) is 0 Å². The number of methoxy groups -OCH3 is 1. The number of nitrogens with one attached hydrogen (secondary N) is 2. The Morgan fingerprint density at radius 3 is 2.92 bits per heavy atom. The summed E-state index contributed by atoms with van der Waals surface area (Å²) in [6, 6.07) is 11.1. The minimum atomic E-state index is -0.117. The number of amides is 1. The molecular weight excluding hydrogens is 338 g/mol. The number of benzene rings is 1. The van der Waals surface area contributed by atoms with Gasteiger partial charge in [-0.25, -0.2) is 4.98 Å². The van der Waals surface area contributed by atoms with Crippen LogP contribution in [0.2, 0.25) is 0 Å². The number of furan rings is 1. The maximum Gasteiger partial charge on any atom is 0.231 e. The molecule has 3 rings (SSSR count). The van der Waals surface area contributed by atoms with Crippen molar-refractivity contribution in [2.45, 2.75) is 19.5 Å². The number of para-hydroxylation sites is 2. The van der Waals surface area contributed by atoms with E-state index in [2.05, 4.69) is 15.6 Å². The van der Waals surface area contributed by atoms with Gasteiger partial charge in [0.05, 0.1) is 37.7 Å². The fourth-order valence-electron chi connectivity index (χ4n) is 2.32. The van der Waals surface area contributed by atoms with Crippen LogP contribution in [0.15, 0.2) is 52.5 Å². The molecule has 0 saturated heterocycles. The van der Waals surface area contributed by atoms with Crippen molar-refractivity contribution in [1.29, 1.82) is 0 Å². The van der Waals surface area contributed by atoms with Gasteiger partial charge in [-0.15, -0.1) is 11.3 Å². The van der Waals surface area contributed by atoms with Crippen molar-refractivity contribution in [1.82, 2.24) is 10.3 Å². The Kier molecular flexibility index (Phi) is 5.81. The van der Waals surface area contributed by atoms with Crippen molar-refractivity contribution in [3.05, 3.63) is 64.5 Å². The van der Waals surface area contributed by atoms with Gasteiger partial charge >= 0.3 is 0 Å². The maximum atomic E-state index is 12.2. The number of thiazole rings is 1. The second kappa shape index (κ2) is 8.46. The van der Waals surface area contributed by atoms with E-state index in [4.69, 9.17) is 9.15 Å². The van der Waals surface area contributed by atoms with E-state index >= 15 is 0 Å². The predicted octanol–water partition coefficient (Wildman–Crippen LogP) is 3.22. The van der Waals surface area contributed by atoms with E-state index in [1.165, 1.54) is 11.3 Å². The molecule has 0 atom stereocenters. The number of anilines is 1. The topological polar surface area (TPSA) is 76.4 Å². The Morgan fingerprint density at radius 1 is 1.24 bits per heavy atom. The van der Waals surface area contributed by atoms with E-state index in [9.17, 15) is 4.79 Å². The highest BCUT2D eigenvalue weighted by Crippen LogP contribution is 2.23. The lowest BCUT2D eigenvalue weighted by Crippen LogP contribution is -2.15. The van der Waals surface area contributed by atoms with Gasteiger partial charge in [0.2, 0.25) is 5.91 Å². The normalized spacial score (nSPS) is 10.6. The van der Waals surface area contributed by atoms with Crippen molar-refractivity contribution in [3.63, 3.8) is 0 Å². The third-order valence-electron chi connectivity index (χ3n) is 3.48. The van der Waals surface area contributed by atoms with Gasteiger partial charge in [0.15, 0.2) is 0 Å². The van der Waals surface area contributed by atoms with E-state index in [-0.39, 0.29) is 12.3 Å². The molecule has 0 unspecified atom stereocenters. The molecule has 25 heavy (non-hydrogen) atoms. The SMILES string of the molecule is COc1ccccc1NC(=O)Cc1nc(CNCc2ccco2)cs1. The second-order valence-electron chi connectivity index (χ2n) is 5.34. The van der Waals surface area contributed by atoms with E-state index < -0.39 is 0 Å². The van der Waals surface area contributed by atoms with E-state index in [1.54, 1.807) is 13.4 Å². The summed E-state index contributed by atoms with van der Waals surface area (Å²) in [5, 5.41) is 8.85. The van der Waals surface area contributed by atoms with Gasteiger partial charge in [-0.3, -0.25) is 4.79 Å². The molecule has 1 amide bonds. The molecule has 7 heteroatoms. The number of aromatic nitrogens is 1. The van der Waals surface area contributed by atoms with Gasteiger partial charge in [0.25, 0.3) is 0 Å². The first-order valence-corrected chi connectivity index (χ1v) is 8.72. The summed E-state index contributed by atoms with van der Waals surface area (Å²) < 4.78 is 10.5. The summed E-state index contributed by atoms with van der Waals surface area (Å²) in [5.41, 5.74) is 1.57. The van der Waals surface area contributed by atoms with Gasteiger partial charge in [-0.2, -0.15) is 0 Å². The van der Waals surface area contributed by atoms with Crippen LogP contribution in [-0.4, -0.2) is 18.0 Å². The van der Waals surface area contributed by atoms with Gasteiger partial charge in [0, 0.05) is 11.9 Å². The van der Waals surface area contributed by atoms with E-state index in [0.717, 1.165) is 16.5 Å². The van der Waals surface area contributed by atoms with Gasteiger partial charge in [-0.05, 0) is 24.3 Å². The summed E-state index contributed by atoms with van der Waals surface area (Å²) in [4.78, 5) is 16.7. The number of carbonyl (C=O) groups is 1. The van der Waals surface area contributed by atoms with Crippen molar-refractivity contribution in [3.8, 4) is 5.75 Å². The fourth-order valence-corrected chi connectivity index (χ4v) is 3.11. The van der Waals surface area contributed by atoms with E-state index in [1.807, 2.05) is 41.8 Å². The highest BCUT2D eigenvalue weighted by atomic mass is 32.1. The largest absolute Gasteiger partial charge is 0.495 e. The monoisotopic (exact) mass is 357 g/mol. The van der Waals surface area contributed by atoms with Crippen LogP contribution in [0.5, 0.6) is 5.75 Å².